The van der Waals surface area contributed by atoms with Crippen molar-refractivity contribution in [3.8, 4) is 0 Å². The highest BCUT2D eigenvalue weighted by molar-refractivity contribution is 6.00. The topological polar surface area (TPSA) is 44.4 Å². The van der Waals surface area contributed by atoms with Crippen molar-refractivity contribution in [1.29, 1.82) is 0 Å². The van der Waals surface area contributed by atoms with Crippen LogP contribution in [0.25, 0.3) is 0 Å². The zero-order valence-corrected chi connectivity index (χ0v) is 14.2. The van der Waals surface area contributed by atoms with Gasteiger partial charge in [0.1, 0.15) is 0 Å². The van der Waals surface area contributed by atoms with Crippen LogP contribution in [0.4, 0.5) is 11.4 Å². The molecule has 4 heteroatoms. The van der Waals surface area contributed by atoms with Crippen LogP contribution in [0, 0.1) is 5.92 Å². The fourth-order valence-electron chi connectivity index (χ4n) is 3.25. The predicted molar refractivity (Wildman–Crippen MR) is 98.7 cm³/mol. The second-order valence-electron chi connectivity index (χ2n) is 6.33. The molecule has 1 aliphatic rings. The van der Waals surface area contributed by atoms with Crippen molar-refractivity contribution in [3.05, 3.63) is 60.2 Å². The van der Waals surface area contributed by atoms with Crippen LogP contribution in [0.3, 0.4) is 0 Å². The van der Waals surface area contributed by atoms with Crippen molar-refractivity contribution in [1.82, 2.24) is 10.2 Å². The summed E-state index contributed by atoms with van der Waals surface area (Å²) in [4.78, 5) is 14.9. The van der Waals surface area contributed by atoms with E-state index < -0.39 is 0 Å². The Morgan fingerprint density at radius 1 is 1.04 bits per heavy atom. The molecule has 1 fully saturated rings. The third-order valence-corrected chi connectivity index (χ3v) is 4.60. The Morgan fingerprint density at radius 3 is 2.42 bits per heavy atom. The fraction of sp³-hybridized carbons (Fsp3) is 0.350. The fourth-order valence-corrected chi connectivity index (χ4v) is 3.25. The number of nitrogens with one attached hydrogen (secondary N) is 2. The van der Waals surface area contributed by atoms with Crippen LogP contribution in [-0.4, -0.2) is 37.5 Å². The average molecular weight is 323 g/mol. The Bertz CT molecular complexity index is 664. The summed E-state index contributed by atoms with van der Waals surface area (Å²) in [5.41, 5.74) is 2.60. The number of hydrogen-bond acceptors (Lipinski definition) is 3. The van der Waals surface area contributed by atoms with Gasteiger partial charge in [-0.2, -0.15) is 0 Å². The molecule has 0 saturated carbocycles. The van der Waals surface area contributed by atoms with E-state index in [0.717, 1.165) is 49.4 Å². The van der Waals surface area contributed by atoms with Crippen LogP contribution in [-0.2, 0) is 0 Å². The quantitative estimate of drug-likeness (QED) is 0.885. The normalized spacial score (nSPS) is 15.3. The SMILES string of the molecule is CNCC1CCN(C(=O)c2ccccc2Nc2ccccc2)CC1. The number of rotatable bonds is 5. The van der Waals surface area contributed by atoms with E-state index in [1.165, 1.54) is 0 Å². The van der Waals surface area contributed by atoms with Gasteiger partial charge in [-0.15, -0.1) is 0 Å². The minimum absolute atomic E-state index is 0.122. The highest BCUT2D eigenvalue weighted by Gasteiger charge is 2.24. The number of nitrogens with zero attached hydrogens (tertiary/aromatic N) is 1. The molecular weight excluding hydrogens is 298 g/mol. The standard InChI is InChI=1S/C20H25N3O/c1-21-15-16-11-13-23(14-12-16)20(24)18-9-5-6-10-19(18)22-17-7-3-2-4-8-17/h2-10,16,21-22H,11-15H2,1H3. The number of carbonyl (C=O) groups excluding carboxylic acids is 1. The molecule has 0 radical (unpaired) electrons. The van der Waals surface area contributed by atoms with Crippen molar-refractivity contribution in [2.75, 3.05) is 32.0 Å². The predicted octanol–water partition coefficient (Wildman–Crippen LogP) is 3.50. The summed E-state index contributed by atoms with van der Waals surface area (Å²) in [6.45, 7) is 2.71. The van der Waals surface area contributed by atoms with Gasteiger partial charge >= 0.3 is 0 Å². The number of para-hydroxylation sites is 2. The maximum atomic E-state index is 12.9. The average Bonchev–Trinajstić information content (AvgIpc) is 2.63. The van der Waals surface area contributed by atoms with E-state index >= 15 is 0 Å². The first kappa shape index (κ1) is 16.5. The lowest BCUT2D eigenvalue weighted by molar-refractivity contribution is 0.0692. The number of amides is 1. The highest BCUT2D eigenvalue weighted by atomic mass is 16.2. The molecule has 0 unspecified atom stereocenters. The molecule has 1 heterocycles. The lowest BCUT2D eigenvalue weighted by Gasteiger charge is -2.32. The molecule has 126 valence electrons. The van der Waals surface area contributed by atoms with Gasteiger partial charge in [0.15, 0.2) is 0 Å². The summed E-state index contributed by atoms with van der Waals surface area (Å²) >= 11 is 0. The van der Waals surface area contributed by atoms with Crippen LogP contribution in [0.2, 0.25) is 0 Å². The number of hydrogen-bond donors (Lipinski definition) is 2. The van der Waals surface area contributed by atoms with Gasteiger partial charge in [0.2, 0.25) is 0 Å². The highest BCUT2D eigenvalue weighted by Crippen LogP contribution is 2.24. The van der Waals surface area contributed by atoms with Gasteiger partial charge in [-0.25, -0.2) is 0 Å². The summed E-state index contributed by atoms with van der Waals surface area (Å²) in [6.07, 6.45) is 2.14. The molecule has 2 aromatic rings. The monoisotopic (exact) mass is 323 g/mol. The van der Waals surface area contributed by atoms with E-state index in [0.29, 0.717) is 5.92 Å². The van der Waals surface area contributed by atoms with Gasteiger partial charge in [0.05, 0.1) is 11.3 Å². The van der Waals surface area contributed by atoms with Gasteiger partial charge in [-0.05, 0) is 56.6 Å². The van der Waals surface area contributed by atoms with Gasteiger partial charge in [0, 0.05) is 18.8 Å². The zero-order valence-electron chi connectivity index (χ0n) is 14.2. The van der Waals surface area contributed by atoms with Crippen molar-refractivity contribution in [3.63, 3.8) is 0 Å². The third kappa shape index (κ3) is 3.95. The van der Waals surface area contributed by atoms with E-state index in [9.17, 15) is 4.79 Å². The van der Waals surface area contributed by atoms with Crippen LogP contribution < -0.4 is 10.6 Å². The van der Waals surface area contributed by atoms with Crippen molar-refractivity contribution >= 4 is 17.3 Å². The first-order valence-corrected chi connectivity index (χ1v) is 8.63. The minimum Gasteiger partial charge on any atom is -0.355 e. The molecule has 3 rings (SSSR count). The molecule has 0 bridgehead atoms. The molecule has 2 aromatic carbocycles. The number of benzene rings is 2. The van der Waals surface area contributed by atoms with Crippen molar-refractivity contribution < 1.29 is 4.79 Å². The lowest BCUT2D eigenvalue weighted by Crippen LogP contribution is -2.40. The van der Waals surface area contributed by atoms with E-state index in [2.05, 4.69) is 10.6 Å². The first-order valence-electron chi connectivity index (χ1n) is 8.63. The smallest absolute Gasteiger partial charge is 0.255 e. The largest absolute Gasteiger partial charge is 0.355 e. The van der Waals surface area contributed by atoms with Crippen LogP contribution in [0.15, 0.2) is 54.6 Å². The van der Waals surface area contributed by atoms with Crippen LogP contribution in [0.1, 0.15) is 23.2 Å². The van der Waals surface area contributed by atoms with E-state index in [-0.39, 0.29) is 5.91 Å². The first-order chi connectivity index (χ1) is 11.8. The Hall–Kier alpha value is -2.33. The molecule has 0 atom stereocenters. The van der Waals surface area contributed by atoms with Gasteiger partial charge in [-0.3, -0.25) is 4.79 Å². The number of likely N-dealkylation sites (tertiary alicyclic amines) is 1. The second-order valence-corrected chi connectivity index (χ2v) is 6.33. The molecule has 4 nitrogen and oxygen atoms in total. The number of piperidine rings is 1. The van der Waals surface area contributed by atoms with Gasteiger partial charge < -0.3 is 15.5 Å². The lowest BCUT2D eigenvalue weighted by atomic mass is 9.96. The maximum Gasteiger partial charge on any atom is 0.255 e. The molecule has 1 aliphatic heterocycles. The molecule has 0 aliphatic carbocycles. The Kier molecular flexibility index (Phi) is 5.49. The second kappa shape index (κ2) is 7.97. The summed E-state index contributed by atoms with van der Waals surface area (Å²) < 4.78 is 0. The van der Waals surface area contributed by atoms with E-state index in [1.54, 1.807) is 0 Å². The summed E-state index contributed by atoms with van der Waals surface area (Å²) in [7, 11) is 1.99. The summed E-state index contributed by atoms with van der Waals surface area (Å²) in [5, 5.41) is 6.60. The van der Waals surface area contributed by atoms with Crippen LogP contribution in [0.5, 0.6) is 0 Å². The van der Waals surface area contributed by atoms with Crippen LogP contribution >= 0.6 is 0 Å². The summed E-state index contributed by atoms with van der Waals surface area (Å²) in [6, 6.07) is 17.7. The van der Waals surface area contributed by atoms with E-state index in [4.69, 9.17) is 0 Å². The number of anilines is 2. The zero-order chi connectivity index (χ0) is 16.8. The molecule has 1 saturated heterocycles. The molecule has 2 N–H and O–H groups in total. The maximum absolute atomic E-state index is 12.9. The molecule has 1 amide bonds. The van der Waals surface area contributed by atoms with Gasteiger partial charge in [0.25, 0.3) is 5.91 Å². The summed E-state index contributed by atoms with van der Waals surface area (Å²) in [5.74, 6) is 0.800. The Labute approximate surface area is 143 Å². The van der Waals surface area contributed by atoms with Gasteiger partial charge in [-0.1, -0.05) is 30.3 Å². The molecule has 0 spiro atoms. The number of carbonyl (C=O) groups is 1. The van der Waals surface area contributed by atoms with Crippen molar-refractivity contribution in [2.45, 2.75) is 12.8 Å². The molecule has 24 heavy (non-hydrogen) atoms. The van der Waals surface area contributed by atoms with E-state index in [1.807, 2.05) is 66.5 Å². The Morgan fingerprint density at radius 2 is 1.71 bits per heavy atom. The minimum atomic E-state index is 0.122. The third-order valence-electron chi connectivity index (χ3n) is 4.60. The Balaban J connectivity index is 1.71. The molecule has 0 aromatic heterocycles. The van der Waals surface area contributed by atoms with Crippen molar-refractivity contribution in [2.24, 2.45) is 5.92 Å². The molecular formula is C20H25N3O.